The summed E-state index contributed by atoms with van der Waals surface area (Å²) < 4.78 is 5.06. The third-order valence-corrected chi connectivity index (χ3v) is 0.932. The Kier molecular flexibility index (Phi) is 15.4. The van der Waals surface area contributed by atoms with E-state index in [0.29, 0.717) is 6.61 Å². The molecule has 13 heavy (non-hydrogen) atoms. The molecule has 0 amide bonds. The van der Waals surface area contributed by atoms with Crippen molar-refractivity contribution < 1.29 is 19.7 Å². The Morgan fingerprint density at radius 3 is 2.46 bits per heavy atom. The van der Waals surface area contributed by atoms with Crippen LogP contribution in [0.2, 0.25) is 0 Å². The van der Waals surface area contributed by atoms with Gasteiger partial charge in [-0.05, 0) is 12.8 Å². The highest BCUT2D eigenvalue weighted by molar-refractivity contribution is 5.62. The molecule has 2 N–H and O–H groups in total. The fourth-order valence-electron chi connectivity index (χ4n) is 0.483. The second-order valence-corrected chi connectivity index (χ2v) is 2.31. The number of carbonyl (C=O) groups is 1. The molecule has 0 unspecified atom stereocenters. The minimum absolute atomic E-state index is 0.261. The van der Waals surface area contributed by atoms with E-state index >= 15 is 0 Å². The first-order valence-electron chi connectivity index (χ1n) is 4.14. The van der Waals surface area contributed by atoms with E-state index in [-0.39, 0.29) is 6.61 Å². The van der Waals surface area contributed by atoms with Crippen molar-refractivity contribution >= 4 is 5.97 Å². The molecule has 4 heteroatoms. The van der Waals surface area contributed by atoms with Crippen molar-refractivity contribution in [2.45, 2.75) is 19.8 Å². The maximum atomic E-state index is 9.00. The lowest BCUT2D eigenvalue weighted by molar-refractivity contribution is -0.134. The predicted molar refractivity (Wildman–Crippen MR) is 50.6 cm³/mol. The van der Waals surface area contributed by atoms with Crippen LogP contribution in [0.25, 0.3) is 0 Å². The second-order valence-electron chi connectivity index (χ2n) is 2.31. The molecule has 0 aromatic carbocycles. The van der Waals surface area contributed by atoms with Crippen molar-refractivity contribution in [1.82, 2.24) is 0 Å². The first-order valence-corrected chi connectivity index (χ1v) is 4.14. The number of hydrogen-bond acceptors (Lipinski definition) is 3. The molecule has 0 saturated carbocycles. The number of carboxylic acids is 1. The van der Waals surface area contributed by atoms with Gasteiger partial charge in [0.05, 0.1) is 6.61 Å². The quantitative estimate of drug-likeness (QED) is 0.485. The van der Waals surface area contributed by atoms with Gasteiger partial charge in [0.25, 0.3) is 5.97 Å². The molecule has 78 valence electrons. The fraction of sp³-hybridized carbons (Fsp3) is 0.667. The Balaban J connectivity index is 0. The molecular weight excluding hydrogens is 172 g/mol. The summed E-state index contributed by atoms with van der Waals surface area (Å²) in [6, 6.07) is 0. The van der Waals surface area contributed by atoms with Gasteiger partial charge in [-0.15, -0.1) is 6.58 Å². The van der Waals surface area contributed by atoms with Crippen LogP contribution in [-0.4, -0.2) is 36.0 Å². The van der Waals surface area contributed by atoms with Gasteiger partial charge < -0.3 is 14.9 Å². The van der Waals surface area contributed by atoms with Gasteiger partial charge >= 0.3 is 0 Å². The molecule has 0 atom stereocenters. The van der Waals surface area contributed by atoms with Gasteiger partial charge in [-0.1, -0.05) is 6.08 Å². The van der Waals surface area contributed by atoms with E-state index in [0.717, 1.165) is 26.4 Å². The maximum Gasteiger partial charge on any atom is 0.300 e. The fourth-order valence-corrected chi connectivity index (χ4v) is 0.483. The van der Waals surface area contributed by atoms with Crippen LogP contribution in [0, 0.1) is 0 Å². The molecule has 0 bridgehead atoms. The Morgan fingerprint density at radius 2 is 2.08 bits per heavy atom. The van der Waals surface area contributed by atoms with E-state index < -0.39 is 5.97 Å². The van der Waals surface area contributed by atoms with Crippen molar-refractivity contribution in [2.75, 3.05) is 19.8 Å². The van der Waals surface area contributed by atoms with Crippen LogP contribution in [0.5, 0.6) is 0 Å². The van der Waals surface area contributed by atoms with Crippen LogP contribution >= 0.6 is 0 Å². The third-order valence-electron chi connectivity index (χ3n) is 0.932. The number of aliphatic carboxylic acids is 1. The zero-order valence-corrected chi connectivity index (χ0v) is 8.03. The molecule has 4 nitrogen and oxygen atoms in total. The molecule has 0 fully saturated rings. The van der Waals surface area contributed by atoms with E-state index in [1.54, 1.807) is 6.08 Å². The summed E-state index contributed by atoms with van der Waals surface area (Å²) in [5.41, 5.74) is 0. The minimum Gasteiger partial charge on any atom is -0.481 e. The molecule has 0 aromatic heterocycles. The van der Waals surface area contributed by atoms with Crippen molar-refractivity contribution in [3.8, 4) is 0 Å². The van der Waals surface area contributed by atoms with Crippen LogP contribution < -0.4 is 0 Å². The summed E-state index contributed by atoms with van der Waals surface area (Å²) in [6.07, 6.45) is 3.49. The van der Waals surface area contributed by atoms with Crippen LogP contribution in [-0.2, 0) is 9.53 Å². The predicted octanol–water partition coefficient (Wildman–Crippen LogP) is 1.05. The highest BCUT2D eigenvalue weighted by atomic mass is 16.5. The SMILES string of the molecule is C=CCOCCCCO.CC(=O)O. The molecule has 0 radical (unpaired) electrons. The lowest BCUT2D eigenvalue weighted by atomic mass is 10.3. The number of ether oxygens (including phenoxy) is 1. The maximum absolute atomic E-state index is 9.00. The van der Waals surface area contributed by atoms with Gasteiger partial charge in [-0.2, -0.15) is 0 Å². The number of carboxylic acid groups (broad SMARTS) is 1. The first kappa shape index (κ1) is 14.6. The van der Waals surface area contributed by atoms with Crippen molar-refractivity contribution in [3.63, 3.8) is 0 Å². The number of aliphatic hydroxyl groups is 1. The molecular formula is C9H18O4. The van der Waals surface area contributed by atoms with E-state index in [9.17, 15) is 0 Å². The summed E-state index contributed by atoms with van der Waals surface area (Å²) in [5.74, 6) is -0.833. The Morgan fingerprint density at radius 1 is 1.54 bits per heavy atom. The number of hydrogen-bond donors (Lipinski definition) is 2. The Bertz CT molecular complexity index is 119. The van der Waals surface area contributed by atoms with Crippen molar-refractivity contribution in [3.05, 3.63) is 12.7 Å². The van der Waals surface area contributed by atoms with E-state index in [1.807, 2.05) is 0 Å². The van der Waals surface area contributed by atoms with E-state index in [1.165, 1.54) is 0 Å². The molecule has 0 aromatic rings. The van der Waals surface area contributed by atoms with Crippen LogP contribution in [0.3, 0.4) is 0 Å². The number of unbranched alkanes of at least 4 members (excludes halogenated alkanes) is 1. The Hall–Kier alpha value is -0.870. The summed E-state index contributed by atoms with van der Waals surface area (Å²) in [6.45, 7) is 6.19. The molecule has 0 aliphatic heterocycles. The van der Waals surface area contributed by atoms with E-state index in [4.69, 9.17) is 19.7 Å². The van der Waals surface area contributed by atoms with Crippen molar-refractivity contribution in [1.29, 1.82) is 0 Å². The van der Waals surface area contributed by atoms with Gasteiger partial charge in [0, 0.05) is 20.1 Å². The van der Waals surface area contributed by atoms with Gasteiger partial charge in [-0.25, -0.2) is 0 Å². The standard InChI is InChI=1S/C7H14O2.C2H4O2/c1-2-6-9-7-4-3-5-8;1-2(3)4/h2,8H,1,3-7H2;1H3,(H,3,4). The van der Waals surface area contributed by atoms with Crippen LogP contribution in [0.15, 0.2) is 12.7 Å². The Labute approximate surface area is 78.8 Å². The summed E-state index contributed by atoms with van der Waals surface area (Å²) >= 11 is 0. The largest absolute Gasteiger partial charge is 0.481 e. The monoisotopic (exact) mass is 190 g/mol. The molecule has 0 saturated heterocycles. The third kappa shape index (κ3) is 35.3. The molecule has 0 spiro atoms. The molecule has 0 aliphatic rings. The topological polar surface area (TPSA) is 66.8 Å². The van der Waals surface area contributed by atoms with E-state index in [2.05, 4.69) is 6.58 Å². The number of aliphatic hydroxyl groups excluding tert-OH is 1. The lowest BCUT2D eigenvalue weighted by Gasteiger charge is -1.97. The second kappa shape index (κ2) is 13.7. The van der Waals surface area contributed by atoms with Gasteiger partial charge in [0.1, 0.15) is 0 Å². The normalized spacial score (nSPS) is 8.46. The minimum atomic E-state index is -0.833. The molecule has 0 heterocycles. The highest BCUT2D eigenvalue weighted by Crippen LogP contribution is 1.87. The van der Waals surface area contributed by atoms with Crippen LogP contribution in [0.4, 0.5) is 0 Å². The highest BCUT2D eigenvalue weighted by Gasteiger charge is 1.84. The summed E-state index contributed by atoms with van der Waals surface area (Å²) in [5, 5.41) is 15.8. The van der Waals surface area contributed by atoms with Gasteiger partial charge in [-0.3, -0.25) is 4.79 Å². The average molecular weight is 190 g/mol. The zero-order chi connectivity index (χ0) is 10.5. The average Bonchev–Trinajstić information content (AvgIpc) is 2.03. The van der Waals surface area contributed by atoms with Crippen LogP contribution in [0.1, 0.15) is 19.8 Å². The molecule has 0 rings (SSSR count). The van der Waals surface area contributed by atoms with Gasteiger partial charge in [0.2, 0.25) is 0 Å². The van der Waals surface area contributed by atoms with Gasteiger partial charge in [0.15, 0.2) is 0 Å². The molecule has 0 aliphatic carbocycles. The number of rotatable bonds is 6. The van der Waals surface area contributed by atoms with Crippen molar-refractivity contribution in [2.24, 2.45) is 0 Å². The zero-order valence-electron chi connectivity index (χ0n) is 8.03. The smallest absolute Gasteiger partial charge is 0.300 e. The summed E-state index contributed by atoms with van der Waals surface area (Å²) in [7, 11) is 0. The first-order chi connectivity index (χ1) is 6.15. The lowest BCUT2D eigenvalue weighted by Crippen LogP contribution is -1.95. The summed E-state index contributed by atoms with van der Waals surface area (Å²) in [4.78, 5) is 9.00.